The lowest BCUT2D eigenvalue weighted by Crippen LogP contribution is -2.45. The third kappa shape index (κ3) is 5.73. The third-order valence-electron chi connectivity index (χ3n) is 4.23. The summed E-state index contributed by atoms with van der Waals surface area (Å²) in [6.45, 7) is 5.81. The zero-order valence-electron chi connectivity index (χ0n) is 13.9. The minimum Gasteiger partial charge on any atom is -0.357 e. The van der Waals surface area contributed by atoms with E-state index in [4.69, 9.17) is 0 Å². The van der Waals surface area contributed by atoms with Gasteiger partial charge in [-0.05, 0) is 25.7 Å². The highest BCUT2D eigenvalue weighted by Crippen LogP contribution is 2.26. The molecule has 7 heteroatoms. The third-order valence-corrected chi connectivity index (χ3v) is 4.23. The number of rotatable bonds is 5. The van der Waals surface area contributed by atoms with E-state index in [0.29, 0.717) is 12.6 Å². The summed E-state index contributed by atoms with van der Waals surface area (Å²) in [5.74, 6) is 2.63. The molecule has 0 radical (unpaired) electrons. The van der Waals surface area contributed by atoms with E-state index in [1.165, 1.54) is 32.1 Å². The average molecular weight is 420 g/mol. The lowest BCUT2D eigenvalue weighted by molar-refractivity contribution is 0.298. The van der Waals surface area contributed by atoms with Crippen LogP contribution < -0.4 is 10.6 Å². The second-order valence-corrected chi connectivity index (χ2v) is 5.78. The van der Waals surface area contributed by atoms with Crippen molar-refractivity contribution in [2.24, 2.45) is 18.0 Å². The molecule has 1 heterocycles. The SMILES string of the molecule is CCNC(=NCc1ncnn1C)NC1CCCC(CC)C1.I. The van der Waals surface area contributed by atoms with Crippen molar-refractivity contribution in [2.45, 2.75) is 58.5 Å². The van der Waals surface area contributed by atoms with Crippen LogP contribution in [-0.4, -0.2) is 33.3 Å². The zero-order valence-corrected chi connectivity index (χ0v) is 16.2. The minimum atomic E-state index is 0. The summed E-state index contributed by atoms with van der Waals surface area (Å²) in [6, 6.07) is 0.543. The van der Waals surface area contributed by atoms with E-state index in [-0.39, 0.29) is 24.0 Å². The number of hydrogen-bond donors (Lipinski definition) is 2. The van der Waals surface area contributed by atoms with Crippen LogP contribution in [0.5, 0.6) is 0 Å². The standard InChI is InChI=1S/C15H28N6.HI/c1-4-12-7-6-8-13(9-12)20-15(16-5-2)17-10-14-18-11-19-21(14)3;/h11-13H,4-10H2,1-3H3,(H2,16,17,20);1H. The summed E-state index contributed by atoms with van der Waals surface area (Å²) in [7, 11) is 1.89. The van der Waals surface area contributed by atoms with Gasteiger partial charge in [0.1, 0.15) is 18.7 Å². The second-order valence-electron chi connectivity index (χ2n) is 5.78. The van der Waals surface area contributed by atoms with Gasteiger partial charge in [-0.15, -0.1) is 24.0 Å². The fourth-order valence-electron chi connectivity index (χ4n) is 2.92. The van der Waals surface area contributed by atoms with Gasteiger partial charge in [0.2, 0.25) is 0 Å². The highest BCUT2D eigenvalue weighted by Gasteiger charge is 2.21. The molecule has 1 aliphatic rings. The average Bonchev–Trinajstić information content (AvgIpc) is 2.90. The number of halogens is 1. The van der Waals surface area contributed by atoms with Crippen molar-refractivity contribution in [1.82, 2.24) is 25.4 Å². The molecule has 0 aromatic carbocycles. The normalized spacial score (nSPS) is 22.0. The van der Waals surface area contributed by atoms with Crippen LogP contribution in [0.4, 0.5) is 0 Å². The quantitative estimate of drug-likeness (QED) is 0.436. The largest absolute Gasteiger partial charge is 0.357 e. The Bertz CT molecular complexity index is 459. The molecule has 2 N–H and O–H groups in total. The molecule has 1 aromatic heterocycles. The summed E-state index contributed by atoms with van der Waals surface area (Å²) in [6.07, 6.45) is 8.04. The molecule has 0 aliphatic heterocycles. The van der Waals surface area contributed by atoms with E-state index < -0.39 is 0 Å². The van der Waals surface area contributed by atoms with Crippen molar-refractivity contribution in [3.63, 3.8) is 0 Å². The fourth-order valence-corrected chi connectivity index (χ4v) is 2.92. The summed E-state index contributed by atoms with van der Waals surface area (Å²) < 4.78 is 1.76. The first kappa shape index (κ1) is 19.2. The Balaban J connectivity index is 0.00000242. The predicted molar refractivity (Wildman–Crippen MR) is 100 cm³/mol. The maximum absolute atomic E-state index is 4.63. The van der Waals surface area contributed by atoms with Crippen molar-refractivity contribution >= 4 is 29.9 Å². The Labute approximate surface area is 150 Å². The van der Waals surface area contributed by atoms with Gasteiger partial charge in [0, 0.05) is 19.6 Å². The number of nitrogens with zero attached hydrogens (tertiary/aromatic N) is 4. The van der Waals surface area contributed by atoms with Crippen molar-refractivity contribution < 1.29 is 0 Å². The van der Waals surface area contributed by atoms with E-state index in [2.05, 4.69) is 39.6 Å². The van der Waals surface area contributed by atoms with Crippen LogP contribution in [-0.2, 0) is 13.6 Å². The zero-order chi connectivity index (χ0) is 15.1. The molecule has 2 unspecified atom stereocenters. The Morgan fingerprint density at radius 1 is 1.41 bits per heavy atom. The van der Waals surface area contributed by atoms with Crippen LogP contribution in [0.15, 0.2) is 11.3 Å². The van der Waals surface area contributed by atoms with Gasteiger partial charge in [-0.2, -0.15) is 5.10 Å². The minimum absolute atomic E-state index is 0. The molecule has 6 nitrogen and oxygen atoms in total. The van der Waals surface area contributed by atoms with E-state index in [1.807, 2.05) is 7.05 Å². The lowest BCUT2D eigenvalue weighted by Gasteiger charge is -2.30. The van der Waals surface area contributed by atoms with Gasteiger partial charge in [-0.25, -0.2) is 9.98 Å². The molecule has 1 aliphatic carbocycles. The number of aliphatic imine (C=N–C) groups is 1. The number of aromatic nitrogens is 3. The van der Waals surface area contributed by atoms with Crippen molar-refractivity contribution in [3.8, 4) is 0 Å². The molecular weight excluding hydrogens is 391 g/mol. The Morgan fingerprint density at radius 2 is 2.23 bits per heavy atom. The molecule has 22 heavy (non-hydrogen) atoms. The van der Waals surface area contributed by atoms with E-state index in [1.54, 1.807) is 11.0 Å². The molecule has 2 atom stereocenters. The number of nitrogens with one attached hydrogen (secondary N) is 2. The number of guanidine groups is 1. The summed E-state index contributed by atoms with van der Waals surface area (Å²) in [5, 5.41) is 11.0. The molecule has 0 spiro atoms. The maximum Gasteiger partial charge on any atom is 0.191 e. The first-order chi connectivity index (χ1) is 10.2. The van der Waals surface area contributed by atoms with Gasteiger partial charge in [0.15, 0.2) is 5.96 Å². The van der Waals surface area contributed by atoms with Gasteiger partial charge in [-0.3, -0.25) is 4.68 Å². The van der Waals surface area contributed by atoms with Crippen molar-refractivity contribution in [2.75, 3.05) is 6.54 Å². The van der Waals surface area contributed by atoms with E-state index in [9.17, 15) is 0 Å². The van der Waals surface area contributed by atoms with Gasteiger partial charge >= 0.3 is 0 Å². The van der Waals surface area contributed by atoms with Crippen molar-refractivity contribution in [3.05, 3.63) is 12.2 Å². The molecule has 2 rings (SSSR count). The molecule has 1 fully saturated rings. The van der Waals surface area contributed by atoms with Gasteiger partial charge in [0.05, 0.1) is 0 Å². The van der Waals surface area contributed by atoms with Gasteiger partial charge in [0.25, 0.3) is 0 Å². The van der Waals surface area contributed by atoms with Crippen LogP contribution in [0.25, 0.3) is 0 Å². The molecule has 126 valence electrons. The van der Waals surface area contributed by atoms with Crippen LogP contribution in [0.2, 0.25) is 0 Å². The maximum atomic E-state index is 4.63. The monoisotopic (exact) mass is 420 g/mol. The lowest BCUT2D eigenvalue weighted by atomic mass is 9.84. The van der Waals surface area contributed by atoms with Gasteiger partial charge < -0.3 is 10.6 Å². The predicted octanol–water partition coefficient (Wildman–Crippen LogP) is 2.46. The highest BCUT2D eigenvalue weighted by atomic mass is 127. The molecule has 0 bridgehead atoms. The molecule has 0 amide bonds. The first-order valence-corrected chi connectivity index (χ1v) is 8.10. The molecule has 1 aromatic rings. The van der Waals surface area contributed by atoms with Crippen molar-refractivity contribution in [1.29, 1.82) is 0 Å². The van der Waals surface area contributed by atoms with Crippen LogP contribution in [0, 0.1) is 5.92 Å². The van der Waals surface area contributed by atoms with Crippen LogP contribution in [0.1, 0.15) is 51.8 Å². The summed E-state index contributed by atoms with van der Waals surface area (Å²) in [5.41, 5.74) is 0. The molecule has 1 saturated carbocycles. The number of hydrogen-bond acceptors (Lipinski definition) is 3. The summed E-state index contributed by atoms with van der Waals surface area (Å²) in [4.78, 5) is 8.84. The molecular formula is C15H29IN6. The van der Waals surface area contributed by atoms with E-state index in [0.717, 1.165) is 24.2 Å². The Hall–Kier alpha value is -0.860. The summed E-state index contributed by atoms with van der Waals surface area (Å²) >= 11 is 0. The highest BCUT2D eigenvalue weighted by molar-refractivity contribution is 14.0. The first-order valence-electron chi connectivity index (χ1n) is 8.10. The number of aryl methyl sites for hydroxylation is 1. The smallest absolute Gasteiger partial charge is 0.191 e. The Morgan fingerprint density at radius 3 is 2.86 bits per heavy atom. The topological polar surface area (TPSA) is 67.1 Å². The van der Waals surface area contributed by atoms with Crippen LogP contribution in [0.3, 0.4) is 0 Å². The molecule has 0 saturated heterocycles. The Kier molecular flexibility index (Phi) is 8.74. The fraction of sp³-hybridized carbons (Fsp3) is 0.800. The van der Waals surface area contributed by atoms with Crippen LogP contribution >= 0.6 is 24.0 Å². The van der Waals surface area contributed by atoms with Gasteiger partial charge in [-0.1, -0.05) is 26.2 Å². The van der Waals surface area contributed by atoms with E-state index >= 15 is 0 Å². The second kappa shape index (κ2) is 10.0.